The maximum Gasteiger partial charge on any atom is 0.230 e. The molecule has 1 aromatic carbocycles. The van der Waals surface area contributed by atoms with E-state index in [1.54, 1.807) is 11.3 Å². The smallest absolute Gasteiger partial charge is 0.230 e. The van der Waals surface area contributed by atoms with Crippen LogP contribution in [0.3, 0.4) is 0 Å². The highest BCUT2D eigenvalue weighted by Gasteiger charge is 2.06. The number of hydrogen-bond donors (Lipinski definition) is 1. The average molecular weight is 276 g/mol. The van der Waals surface area contributed by atoms with Crippen LogP contribution in [0.15, 0.2) is 35.7 Å². The molecule has 0 saturated heterocycles. The number of benzene rings is 1. The first-order valence-corrected chi connectivity index (χ1v) is 6.72. The van der Waals surface area contributed by atoms with E-state index < -0.39 is 0 Å². The van der Waals surface area contributed by atoms with E-state index in [0.29, 0.717) is 11.1 Å². The van der Waals surface area contributed by atoms with Gasteiger partial charge in [-0.3, -0.25) is 0 Å². The van der Waals surface area contributed by atoms with Crippen LogP contribution in [0.25, 0.3) is 10.2 Å². The number of halogens is 1. The monoisotopic (exact) mass is 275 g/mol. The lowest BCUT2D eigenvalue weighted by atomic mass is 10.2. The van der Waals surface area contributed by atoms with Crippen molar-refractivity contribution in [2.24, 2.45) is 0 Å². The molecule has 18 heavy (non-hydrogen) atoms. The summed E-state index contributed by atoms with van der Waals surface area (Å²) < 4.78 is 0. The molecule has 3 aromatic rings. The fourth-order valence-corrected chi connectivity index (χ4v) is 2.69. The Kier molecular flexibility index (Phi) is 2.89. The van der Waals surface area contributed by atoms with E-state index in [-0.39, 0.29) is 0 Å². The molecule has 0 atom stereocenters. The van der Waals surface area contributed by atoms with Crippen molar-refractivity contribution >= 4 is 44.8 Å². The summed E-state index contributed by atoms with van der Waals surface area (Å²) in [5.74, 6) is 0.527. The summed E-state index contributed by atoms with van der Waals surface area (Å²) in [6.45, 7) is 2.05. The van der Waals surface area contributed by atoms with E-state index in [4.69, 9.17) is 11.6 Å². The molecular formula is C13H10ClN3S. The summed E-state index contributed by atoms with van der Waals surface area (Å²) in [7, 11) is 0. The van der Waals surface area contributed by atoms with E-state index in [9.17, 15) is 0 Å². The van der Waals surface area contributed by atoms with Crippen molar-refractivity contribution in [2.75, 3.05) is 5.32 Å². The van der Waals surface area contributed by atoms with Crippen LogP contribution in [0, 0.1) is 6.92 Å². The first kappa shape index (κ1) is 11.4. The largest absolute Gasteiger partial charge is 0.324 e. The number of thiophene rings is 1. The van der Waals surface area contributed by atoms with Crippen LogP contribution in [0.2, 0.25) is 5.15 Å². The van der Waals surface area contributed by atoms with E-state index in [1.165, 1.54) is 5.56 Å². The van der Waals surface area contributed by atoms with Crippen LogP contribution in [0.4, 0.5) is 11.6 Å². The second-order valence-electron chi connectivity index (χ2n) is 3.97. The lowest BCUT2D eigenvalue weighted by Crippen LogP contribution is -1.96. The van der Waals surface area contributed by atoms with E-state index in [2.05, 4.69) is 22.2 Å². The number of nitrogens with one attached hydrogen (secondary N) is 1. The quantitative estimate of drug-likeness (QED) is 0.705. The first-order chi connectivity index (χ1) is 8.72. The zero-order chi connectivity index (χ0) is 12.5. The Morgan fingerprint density at radius 1 is 1.11 bits per heavy atom. The van der Waals surface area contributed by atoms with Crippen molar-refractivity contribution in [1.29, 1.82) is 0 Å². The van der Waals surface area contributed by atoms with Gasteiger partial charge in [0.25, 0.3) is 0 Å². The van der Waals surface area contributed by atoms with Crippen LogP contribution in [-0.4, -0.2) is 9.97 Å². The molecule has 0 bridgehead atoms. The Balaban J connectivity index is 1.97. The normalized spacial score (nSPS) is 10.8. The molecule has 0 fully saturated rings. The van der Waals surface area contributed by atoms with Gasteiger partial charge in [-0.2, -0.15) is 0 Å². The van der Waals surface area contributed by atoms with Gasteiger partial charge in [0, 0.05) is 11.1 Å². The highest BCUT2D eigenvalue weighted by molar-refractivity contribution is 7.16. The second-order valence-corrected chi connectivity index (χ2v) is 5.22. The third kappa shape index (κ3) is 2.17. The predicted molar refractivity (Wildman–Crippen MR) is 76.9 cm³/mol. The lowest BCUT2D eigenvalue weighted by molar-refractivity contribution is 1.22. The maximum absolute atomic E-state index is 6.11. The summed E-state index contributed by atoms with van der Waals surface area (Å²) in [5.41, 5.74) is 2.17. The highest BCUT2D eigenvalue weighted by Crippen LogP contribution is 2.27. The van der Waals surface area contributed by atoms with Crippen molar-refractivity contribution in [3.63, 3.8) is 0 Å². The first-order valence-electron chi connectivity index (χ1n) is 5.47. The second kappa shape index (κ2) is 4.55. The van der Waals surface area contributed by atoms with Crippen molar-refractivity contribution < 1.29 is 0 Å². The van der Waals surface area contributed by atoms with Crippen LogP contribution in [-0.2, 0) is 0 Å². The summed E-state index contributed by atoms with van der Waals surface area (Å²) in [6.07, 6.45) is 0. The fraction of sp³-hybridized carbons (Fsp3) is 0.0769. The van der Waals surface area contributed by atoms with Gasteiger partial charge >= 0.3 is 0 Å². The average Bonchev–Trinajstić information content (AvgIpc) is 2.81. The maximum atomic E-state index is 6.11. The molecule has 0 saturated carbocycles. The van der Waals surface area contributed by atoms with Crippen molar-refractivity contribution in [2.45, 2.75) is 6.92 Å². The molecule has 3 nitrogen and oxygen atoms in total. The zero-order valence-electron chi connectivity index (χ0n) is 9.64. The molecule has 0 unspecified atom stereocenters. The molecule has 0 amide bonds. The molecule has 0 aliphatic carbocycles. The molecule has 3 rings (SSSR count). The molecule has 0 aliphatic heterocycles. The molecule has 0 radical (unpaired) electrons. The number of fused-ring (bicyclic) bond motifs is 1. The van der Waals surface area contributed by atoms with Gasteiger partial charge in [0.15, 0.2) is 0 Å². The van der Waals surface area contributed by atoms with Crippen LogP contribution in [0.1, 0.15) is 5.56 Å². The van der Waals surface area contributed by atoms with Gasteiger partial charge in [0.05, 0.1) is 0 Å². The molecular weight excluding hydrogens is 266 g/mol. The van der Waals surface area contributed by atoms with Crippen LogP contribution in [0.5, 0.6) is 0 Å². The molecule has 90 valence electrons. The van der Waals surface area contributed by atoms with Crippen molar-refractivity contribution in [1.82, 2.24) is 9.97 Å². The number of nitrogens with zero attached hydrogens (tertiary/aromatic N) is 2. The molecule has 1 N–H and O–H groups in total. The number of aryl methyl sites for hydroxylation is 1. The Bertz CT molecular complexity index is 691. The molecule has 5 heteroatoms. The van der Waals surface area contributed by atoms with Gasteiger partial charge < -0.3 is 5.32 Å². The topological polar surface area (TPSA) is 37.8 Å². The number of anilines is 2. The Morgan fingerprint density at radius 2 is 1.89 bits per heavy atom. The van der Waals surface area contributed by atoms with Gasteiger partial charge in [-0.25, -0.2) is 9.97 Å². The molecule has 2 heterocycles. The van der Waals surface area contributed by atoms with E-state index in [0.717, 1.165) is 15.9 Å². The summed E-state index contributed by atoms with van der Waals surface area (Å²) in [6, 6.07) is 9.98. The zero-order valence-corrected chi connectivity index (χ0v) is 11.2. The fourth-order valence-electron chi connectivity index (χ4n) is 1.64. The minimum absolute atomic E-state index is 0.482. The number of hydrogen-bond acceptors (Lipinski definition) is 4. The van der Waals surface area contributed by atoms with E-state index in [1.807, 2.05) is 35.7 Å². The standard InChI is InChI=1S/C13H10ClN3S/c1-8-2-4-9(5-3-8)15-13-16-11(14)10-6-7-18-12(10)17-13/h2-7H,1H3,(H,15,16,17). The minimum Gasteiger partial charge on any atom is -0.324 e. The van der Waals surface area contributed by atoms with Gasteiger partial charge in [-0.1, -0.05) is 29.3 Å². The van der Waals surface area contributed by atoms with Crippen LogP contribution >= 0.6 is 22.9 Å². The van der Waals surface area contributed by atoms with Gasteiger partial charge in [0.2, 0.25) is 5.95 Å². The van der Waals surface area contributed by atoms with Gasteiger partial charge in [0.1, 0.15) is 9.98 Å². The minimum atomic E-state index is 0.482. The Morgan fingerprint density at radius 3 is 2.67 bits per heavy atom. The van der Waals surface area contributed by atoms with Crippen LogP contribution < -0.4 is 5.32 Å². The molecule has 0 aliphatic rings. The third-order valence-electron chi connectivity index (χ3n) is 2.59. The summed E-state index contributed by atoms with van der Waals surface area (Å²) in [4.78, 5) is 9.56. The Labute approximate surface area is 113 Å². The summed E-state index contributed by atoms with van der Waals surface area (Å²) in [5, 5.41) is 6.49. The number of rotatable bonds is 2. The SMILES string of the molecule is Cc1ccc(Nc2nc(Cl)c3ccsc3n2)cc1. The van der Waals surface area contributed by atoms with Gasteiger partial charge in [-0.15, -0.1) is 11.3 Å². The molecule has 0 spiro atoms. The number of aromatic nitrogens is 2. The Hall–Kier alpha value is -1.65. The van der Waals surface area contributed by atoms with E-state index >= 15 is 0 Å². The highest BCUT2D eigenvalue weighted by atomic mass is 35.5. The molecule has 2 aromatic heterocycles. The van der Waals surface area contributed by atoms with Crippen molar-refractivity contribution in [3.8, 4) is 0 Å². The van der Waals surface area contributed by atoms with Crippen molar-refractivity contribution in [3.05, 3.63) is 46.4 Å². The predicted octanol–water partition coefficient (Wildman–Crippen LogP) is 4.40. The summed E-state index contributed by atoms with van der Waals surface area (Å²) >= 11 is 7.66. The third-order valence-corrected chi connectivity index (χ3v) is 3.68. The lowest BCUT2D eigenvalue weighted by Gasteiger charge is -2.05. The van der Waals surface area contributed by atoms with Gasteiger partial charge in [-0.05, 0) is 30.5 Å².